The van der Waals surface area contributed by atoms with Crippen molar-refractivity contribution in [1.29, 1.82) is 0 Å². The summed E-state index contributed by atoms with van der Waals surface area (Å²) in [7, 11) is 0. The first-order valence-electron chi connectivity index (χ1n) is 10.9. The molecule has 1 heterocycles. The van der Waals surface area contributed by atoms with Gasteiger partial charge in [0, 0.05) is 15.9 Å². The zero-order valence-corrected chi connectivity index (χ0v) is 17.9. The first-order valence-corrected chi connectivity index (χ1v) is 11.6. The van der Waals surface area contributed by atoms with Gasteiger partial charge in [0.25, 0.3) is 5.91 Å². The van der Waals surface area contributed by atoms with Gasteiger partial charge in [-0.3, -0.25) is 4.79 Å². The summed E-state index contributed by atoms with van der Waals surface area (Å²) < 4.78 is 2.98. The van der Waals surface area contributed by atoms with Crippen molar-refractivity contribution in [2.24, 2.45) is 17.8 Å². The van der Waals surface area contributed by atoms with Crippen molar-refractivity contribution >= 4 is 21.8 Å². The van der Waals surface area contributed by atoms with Gasteiger partial charge in [-0.1, -0.05) is 15.9 Å². The molecular weight excluding hydrogens is 430 g/mol. The normalized spacial score (nSPS) is 35.1. The third-order valence-electron chi connectivity index (χ3n) is 7.69. The van der Waals surface area contributed by atoms with E-state index in [1.165, 1.54) is 0 Å². The molecule has 2 atom stereocenters. The number of benzene rings is 1. The Kier molecular flexibility index (Phi) is 4.01. The first kappa shape index (κ1) is 18.1. The van der Waals surface area contributed by atoms with Crippen LogP contribution in [-0.4, -0.2) is 32.4 Å². The second kappa shape index (κ2) is 6.42. The molecule has 152 valence electrons. The van der Waals surface area contributed by atoms with Gasteiger partial charge in [-0.2, -0.15) is 5.10 Å². The van der Waals surface area contributed by atoms with E-state index >= 15 is 0 Å². The van der Waals surface area contributed by atoms with Gasteiger partial charge in [0.1, 0.15) is 0 Å². The third-order valence-corrected chi connectivity index (χ3v) is 8.22. The van der Waals surface area contributed by atoms with Crippen LogP contribution < -0.4 is 5.32 Å². The number of amides is 1. The number of aromatic nitrogens is 2. The van der Waals surface area contributed by atoms with Gasteiger partial charge in [-0.25, -0.2) is 4.68 Å². The molecule has 2 aromatic rings. The maximum absolute atomic E-state index is 13.4. The van der Waals surface area contributed by atoms with Crippen LogP contribution in [0.5, 0.6) is 0 Å². The second-order valence-corrected chi connectivity index (χ2v) is 10.7. The molecule has 1 amide bonds. The van der Waals surface area contributed by atoms with E-state index in [0.29, 0.717) is 23.7 Å². The SMILES string of the molecule is O=C(N[C@]12CC3CC(C1)[C@H](O)C(C3)C2)c1cnn(-c2ccc(Br)cc2)c1C1CC1. The molecule has 0 saturated heterocycles. The van der Waals surface area contributed by atoms with Crippen LogP contribution in [0.4, 0.5) is 0 Å². The highest BCUT2D eigenvalue weighted by atomic mass is 79.9. The molecule has 4 bridgehead atoms. The Bertz CT molecular complexity index is 949. The highest BCUT2D eigenvalue weighted by molar-refractivity contribution is 9.10. The number of nitrogens with one attached hydrogen (secondary N) is 1. The Morgan fingerprint density at radius 1 is 1.14 bits per heavy atom. The molecule has 0 aliphatic heterocycles. The van der Waals surface area contributed by atoms with Gasteiger partial charge >= 0.3 is 0 Å². The van der Waals surface area contributed by atoms with Crippen molar-refractivity contribution in [3.63, 3.8) is 0 Å². The molecule has 1 aromatic heterocycles. The van der Waals surface area contributed by atoms with Crippen LogP contribution in [0, 0.1) is 17.8 Å². The minimum Gasteiger partial charge on any atom is -0.393 e. The lowest BCUT2D eigenvalue weighted by Gasteiger charge is -2.58. The van der Waals surface area contributed by atoms with Crippen LogP contribution in [0.15, 0.2) is 34.9 Å². The Morgan fingerprint density at radius 2 is 1.83 bits per heavy atom. The number of aliphatic hydroxyl groups is 1. The molecule has 5 fully saturated rings. The van der Waals surface area contributed by atoms with Crippen LogP contribution in [0.2, 0.25) is 0 Å². The van der Waals surface area contributed by atoms with E-state index in [2.05, 4.69) is 26.3 Å². The summed E-state index contributed by atoms with van der Waals surface area (Å²) in [6.07, 6.45) is 8.99. The topological polar surface area (TPSA) is 67.2 Å². The summed E-state index contributed by atoms with van der Waals surface area (Å²) in [5.41, 5.74) is 2.64. The molecule has 6 heteroatoms. The fourth-order valence-corrected chi connectivity index (χ4v) is 6.79. The van der Waals surface area contributed by atoms with E-state index < -0.39 is 0 Å². The van der Waals surface area contributed by atoms with Crippen molar-refractivity contribution < 1.29 is 9.90 Å². The molecule has 2 unspecified atom stereocenters. The average molecular weight is 456 g/mol. The smallest absolute Gasteiger partial charge is 0.255 e. The van der Waals surface area contributed by atoms with E-state index in [4.69, 9.17) is 0 Å². The van der Waals surface area contributed by atoms with Crippen molar-refractivity contribution in [2.45, 2.75) is 62.5 Å². The van der Waals surface area contributed by atoms with Crippen LogP contribution in [0.25, 0.3) is 5.69 Å². The van der Waals surface area contributed by atoms with Crippen molar-refractivity contribution in [3.05, 3.63) is 46.2 Å². The van der Waals surface area contributed by atoms with E-state index in [1.807, 2.05) is 28.9 Å². The van der Waals surface area contributed by atoms with Crippen molar-refractivity contribution in [2.75, 3.05) is 0 Å². The van der Waals surface area contributed by atoms with Crippen LogP contribution in [0.3, 0.4) is 0 Å². The summed E-state index contributed by atoms with van der Waals surface area (Å²) >= 11 is 3.49. The molecule has 1 aromatic carbocycles. The quantitative estimate of drug-likeness (QED) is 0.726. The zero-order chi connectivity index (χ0) is 19.8. The lowest BCUT2D eigenvalue weighted by Crippen LogP contribution is -2.63. The summed E-state index contributed by atoms with van der Waals surface area (Å²) in [6.45, 7) is 0. The lowest BCUT2D eigenvalue weighted by molar-refractivity contribution is -0.109. The minimum absolute atomic E-state index is 0.0201. The summed E-state index contributed by atoms with van der Waals surface area (Å²) in [6, 6.07) is 8.08. The fraction of sp³-hybridized carbons (Fsp3) is 0.565. The summed E-state index contributed by atoms with van der Waals surface area (Å²) in [5.74, 6) is 1.81. The number of halogens is 1. The number of nitrogens with zero attached hydrogens (tertiary/aromatic N) is 2. The molecule has 5 saturated carbocycles. The predicted molar refractivity (Wildman–Crippen MR) is 113 cm³/mol. The van der Waals surface area contributed by atoms with E-state index in [-0.39, 0.29) is 17.6 Å². The number of carbonyl (C=O) groups excluding carboxylic acids is 1. The Balaban J connectivity index is 1.30. The van der Waals surface area contributed by atoms with Gasteiger partial charge in [0.2, 0.25) is 0 Å². The maximum atomic E-state index is 13.4. The molecule has 0 radical (unpaired) electrons. The second-order valence-electron chi connectivity index (χ2n) is 9.80. The van der Waals surface area contributed by atoms with Gasteiger partial charge in [0.15, 0.2) is 0 Å². The average Bonchev–Trinajstić information content (AvgIpc) is 3.43. The Labute approximate surface area is 179 Å². The van der Waals surface area contributed by atoms with Crippen molar-refractivity contribution in [1.82, 2.24) is 15.1 Å². The number of rotatable bonds is 4. The van der Waals surface area contributed by atoms with Gasteiger partial charge in [-0.15, -0.1) is 0 Å². The largest absolute Gasteiger partial charge is 0.393 e. The summed E-state index contributed by atoms with van der Waals surface area (Å²) in [4.78, 5) is 13.4. The highest BCUT2D eigenvalue weighted by Crippen LogP contribution is 2.55. The van der Waals surface area contributed by atoms with E-state index in [0.717, 1.165) is 66.4 Å². The minimum atomic E-state index is -0.168. The Morgan fingerprint density at radius 3 is 2.48 bits per heavy atom. The molecule has 29 heavy (non-hydrogen) atoms. The highest BCUT2D eigenvalue weighted by Gasteiger charge is 2.55. The van der Waals surface area contributed by atoms with Crippen LogP contribution in [0.1, 0.15) is 66.9 Å². The predicted octanol–water partition coefficient (Wildman–Crippen LogP) is 4.18. The molecule has 7 rings (SSSR count). The van der Waals surface area contributed by atoms with Crippen LogP contribution in [-0.2, 0) is 0 Å². The maximum Gasteiger partial charge on any atom is 0.255 e. The van der Waals surface area contributed by atoms with Gasteiger partial charge in [0.05, 0.1) is 29.2 Å². The molecule has 5 nitrogen and oxygen atoms in total. The molecular formula is C23H26BrN3O2. The third kappa shape index (κ3) is 2.98. The molecule has 2 N–H and O–H groups in total. The molecule has 0 spiro atoms. The van der Waals surface area contributed by atoms with E-state index in [1.54, 1.807) is 6.20 Å². The first-order chi connectivity index (χ1) is 14.0. The molecule has 5 aliphatic rings. The van der Waals surface area contributed by atoms with Gasteiger partial charge in [-0.05, 0) is 87.0 Å². The number of hydrogen-bond acceptors (Lipinski definition) is 3. The standard InChI is InChI=1S/C23H26BrN3O2/c24-17-3-5-18(6-4-17)27-20(14-1-2-14)19(12-25-27)22(29)26-23-9-13-7-15(10-23)21(28)16(8-13)11-23/h3-6,12-16,21,28H,1-2,7-11H2,(H,26,29)/t13?,15?,16?,21-,23+. The fourth-order valence-electron chi connectivity index (χ4n) is 6.53. The number of aliphatic hydroxyl groups excluding tert-OH is 1. The lowest BCUT2D eigenvalue weighted by atomic mass is 9.51. The number of hydrogen-bond donors (Lipinski definition) is 2. The van der Waals surface area contributed by atoms with Gasteiger partial charge < -0.3 is 10.4 Å². The monoisotopic (exact) mass is 455 g/mol. The summed E-state index contributed by atoms with van der Waals surface area (Å²) in [5, 5.41) is 18.6. The Hall–Kier alpha value is -1.66. The molecule has 5 aliphatic carbocycles. The van der Waals surface area contributed by atoms with Crippen LogP contribution >= 0.6 is 15.9 Å². The van der Waals surface area contributed by atoms with E-state index in [9.17, 15) is 9.90 Å². The zero-order valence-electron chi connectivity index (χ0n) is 16.4. The number of carbonyl (C=O) groups is 1. The van der Waals surface area contributed by atoms with Crippen molar-refractivity contribution in [3.8, 4) is 5.69 Å².